The van der Waals surface area contributed by atoms with E-state index in [4.69, 9.17) is 0 Å². The standard InChI is InChI=1S/C15H21N5/c1-12(13-5-3-2-4-6-13)9-10-20-15(17-18-19-20)11-16-14-7-8-14/h2-6,12,14,16H,7-11H2,1H3. The minimum atomic E-state index is 0.518. The van der Waals surface area contributed by atoms with E-state index < -0.39 is 0 Å². The van der Waals surface area contributed by atoms with Gasteiger partial charge >= 0.3 is 0 Å². The molecule has 0 amide bonds. The van der Waals surface area contributed by atoms with Crippen LogP contribution in [0.15, 0.2) is 30.3 Å². The van der Waals surface area contributed by atoms with Crippen molar-refractivity contribution in [2.75, 3.05) is 0 Å². The Hall–Kier alpha value is -1.75. The minimum Gasteiger partial charge on any atom is -0.307 e. The van der Waals surface area contributed by atoms with Gasteiger partial charge in [-0.2, -0.15) is 0 Å². The van der Waals surface area contributed by atoms with Crippen LogP contribution in [0.25, 0.3) is 0 Å². The van der Waals surface area contributed by atoms with E-state index in [0.29, 0.717) is 12.0 Å². The number of nitrogens with zero attached hydrogens (tertiary/aromatic N) is 4. The molecule has 0 bridgehead atoms. The van der Waals surface area contributed by atoms with Crippen molar-refractivity contribution >= 4 is 0 Å². The summed E-state index contributed by atoms with van der Waals surface area (Å²) in [6, 6.07) is 11.3. The zero-order chi connectivity index (χ0) is 13.8. The van der Waals surface area contributed by atoms with E-state index >= 15 is 0 Å². The molecule has 5 nitrogen and oxygen atoms in total. The van der Waals surface area contributed by atoms with Gasteiger partial charge in [0.1, 0.15) is 0 Å². The third kappa shape index (κ3) is 3.42. The van der Waals surface area contributed by atoms with Crippen LogP contribution in [-0.2, 0) is 13.1 Å². The molecular weight excluding hydrogens is 250 g/mol. The van der Waals surface area contributed by atoms with Crippen molar-refractivity contribution in [1.82, 2.24) is 25.5 Å². The molecule has 3 rings (SSSR count). The molecule has 0 spiro atoms. The molecule has 1 unspecified atom stereocenters. The van der Waals surface area contributed by atoms with Crippen molar-refractivity contribution in [2.24, 2.45) is 0 Å². The van der Waals surface area contributed by atoms with Gasteiger partial charge < -0.3 is 5.32 Å². The van der Waals surface area contributed by atoms with Crippen LogP contribution in [0, 0.1) is 0 Å². The molecule has 0 aliphatic heterocycles. The van der Waals surface area contributed by atoms with Crippen LogP contribution in [0.3, 0.4) is 0 Å². The number of aromatic nitrogens is 4. The van der Waals surface area contributed by atoms with Crippen molar-refractivity contribution in [2.45, 2.75) is 51.2 Å². The molecule has 2 aromatic rings. The summed E-state index contributed by atoms with van der Waals surface area (Å²) in [7, 11) is 0. The van der Waals surface area contributed by atoms with Gasteiger partial charge in [0.15, 0.2) is 5.82 Å². The van der Waals surface area contributed by atoms with Crippen molar-refractivity contribution in [1.29, 1.82) is 0 Å². The van der Waals surface area contributed by atoms with E-state index in [1.54, 1.807) is 0 Å². The predicted molar refractivity (Wildman–Crippen MR) is 77.2 cm³/mol. The fourth-order valence-corrected chi connectivity index (χ4v) is 2.31. The molecule has 1 saturated carbocycles. The molecule has 1 N–H and O–H groups in total. The highest BCUT2D eigenvalue weighted by atomic mass is 15.5. The van der Waals surface area contributed by atoms with E-state index in [0.717, 1.165) is 25.3 Å². The number of benzene rings is 1. The summed E-state index contributed by atoms with van der Waals surface area (Å²) in [5.41, 5.74) is 1.37. The van der Waals surface area contributed by atoms with E-state index in [1.807, 2.05) is 4.68 Å². The lowest BCUT2D eigenvalue weighted by atomic mass is 9.98. The van der Waals surface area contributed by atoms with Crippen LogP contribution in [0.1, 0.15) is 43.5 Å². The lowest BCUT2D eigenvalue weighted by Gasteiger charge is -2.12. The summed E-state index contributed by atoms with van der Waals surface area (Å²) in [6.07, 6.45) is 3.62. The molecule has 1 heterocycles. The molecule has 1 aromatic heterocycles. The van der Waals surface area contributed by atoms with Gasteiger partial charge in [-0.1, -0.05) is 37.3 Å². The number of rotatable bonds is 7. The topological polar surface area (TPSA) is 55.6 Å². The smallest absolute Gasteiger partial charge is 0.165 e. The van der Waals surface area contributed by atoms with Gasteiger partial charge in [-0.25, -0.2) is 4.68 Å². The van der Waals surface area contributed by atoms with Crippen LogP contribution in [0.5, 0.6) is 0 Å². The van der Waals surface area contributed by atoms with E-state index in [2.05, 4.69) is 58.1 Å². The summed E-state index contributed by atoms with van der Waals surface area (Å²) in [6.45, 7) is 3.89. The SMILES string of the molecule is CC(CCn1nnnc1CNC1CC1)c1ccccc1. The fourth-order valence-electron chi connectivity index (χ4n) is 2.31. The third-order valence-electron chi connectivity index (χ3n) is 3.87. The van der Waals surface area contributed by atoms with Gasteiger partial charge in [-0.3, -0.25) is 0 Å². The second kappa shape index (κ2) is 6.13. The molecule has 106 valence electrons. The largest absolute Gasteiger partial charge is 0.307 e. The molecule has 1 aliphatic carbocycles. The predicted octanol–water partition coefficient (Wildman–Crippen LogP) is 2.12. The Morgan fingerprint density at radius 1 is 1.30 bits per heavy atom. The molecular formula is C15H21N5. The van der Waals surface area contributed by atoms with Crippen LogP contribution >= 0.6 is 0 Å². The van der Waals surface area contributed by atoms with Crippen molar-refractivity contribution < 1.29 is 0 Å². The Balaban J connectivity index is 1.53. The van der Waals surface area contributed by atoms with E-state index in [1.165, 1.54) is 18.4 Å². The molecule has 0 saturated heterocycles. The fraction of sp³-hybridized carbons (Fsp3) is 0.533. The van der Waals surface area contributed by atoms with Gasteiger partial charge in [-0.15, -0.1) is 5.10 Å². The first-order valence-electron chi connectivity index (χ1n) is 7.36. The van der Waals surface area contributed by atoms with Crippen LogP contribution in [0.2, 0.25) is 0 Å². The van der Waals surface area contributed by atoms with Gasteiger partial charge in [0.25, 0.3) is 0 Å². The molecule has 1 fully saturated rings. The van der Waals surface area contributed by atoms with Crippen LogP contribution in [0.4, 0.5) is 0 Å². The Morgan fingerprint density at radius 2 is 2.10 bits per heavy atom. The number of hydrogen-bond donors (Lipinski definition) is 1. The molecule has 5 heteroatoms. The van der Waals surface area contributed by atoms with Gasteiger partial charge in [-0.05, 0) is 41.2 Å². The molecule has 20 heavy (non-hydrogen) atoms. The monoisotopic (exact) mass is 271 g/mol. The molecule has 1 aromatic carbocycles. The second-order valence-corrected chi connectivity index (χ2v) is 5.57. The Kier molecular flexibility index (Phi) is 4.06. The van der Waals surface area contributed by atoms with Gasteiger partial charge in [0.05, 0.1) is 6.54 Å². The maximum absolute atomic E-state index is 4.11. The number of aryl methyl sites for hydroxylation is 1. The highest BCUT2D eigenvalue weighted by Gasteiger charge is 2.21. The summed E-state index contributed by atoms with van der Waals surface area (Å²) in [5, 5.41) is 15.5. The van der Waals surface area contributed by atoms with Crippen molar-refractivity contribution in [3.8, 4) is 0 Å². The average Bonchev–Trinajstić information content (AvgIpc) is 3.22. The lowest BCUT2D eigenvalue weighted by Crippen LogP contribution is -2.19. The zero-order valence-electron chi connectivity index (χ0n) is 11.9. The molecule has 1 atom stereocenters. The Morgan fingerprint density at radius 3 is 2.85 bits per heavy atom. The Bertz CT molecular complexity index is 532. The van der Waals surface area contributed by atoms with E-state index in [9.17, 15) is 0 Å². The quantitative estimate of drug-likeness (QED) is 0.838. The van der Waals surface area contributed by atoms with Crippen LogP contribution < -0.4 is 5.32 Å². The van der Waals surface area contributed by atoms with Crippen molar-refractivity contribution in [3.05, 3.63) is 41.7 Å². The normalized spacial score (nSPS) is 16.2. The maximum Gasteiger partial charge on any atom is 0.165 e. The van der Waals surface area contributed by atoms with Gasteiger partial charge in [0, 0.05) is 12.6 Å². The summed E-state index contributed by atoms with van der Waals surface area (Å²) in [4.78, 5) is 0. The number of tetrazole rings is 1. The summed E-state index contributed by atoms with van der Waals surface area (Å²) < 4.78 is 1.93. The second-order valence-electron chi connectivity index (χ2n) is 5.57. The highest BCUT2D eigenvalue weighted by Crippen LogP contribution is 2.20. The first-order valence-corrected chi connectivity index (χ1v) is 7.36. The zero-order valence-corrected chi connectivity index (χ0v) is 11.9. The average molecular weight is 271 g/mol. The van der Waals surface area contributed by atoms with E-state index in [-0.39, 0.29) is 0 Å². The van der Waals surface area contributed by atoms with Crippen molar-refractivity contribution in [3.63, 3.8) is 0 Å². The summed E-state index contributed by atoms with van der Waals surface area (Å²) in [5.74, 6) is 1.46. The first kappa shape index (κ1) is 13.2. The summed E-state index contributed by atoms with van der Waals surface area (Å²) >= 11 is 0. The molecule has 1 aliphatic rings. The van der Waals surface area contributed by atoms with Crippen LogP contribution in [-0.4, -0.2) is 26.2 Å². The Labute approximate surface area is 119 Å². The van der Waals surface area contributed by atoms with Gasteiger partial charge in [0.2, 0.25) is 0 Å². The number of nitrogens with one attached hydrogen (secondary N) is 1. The minimum absolute atomic E-state index is 0.518. The number of hydrogen-bond acceptors (Lipinski definition) is 4. The first-order chi connectivity index (χ1) is 9.83. The molecule has 0 radical (unpaired) electrons. The lowest BCUT2D eigenvalue weighted by molar-refractivity contribution is 0.493. The third-order valence-corrected chi connectivity index (χ3v) is 3.87. The maximum atomic E-state index is 4.11. The highest BCUT2D eigenvalue weighted by molar-refractivity contribution is 5.18.